The summed E-state index contributed by atoms with van der Waals surface area (Å²) in [6.07, 6.45) is 3.19. The van der Waals surface area contributed by atoms with Gasteiger partial charge in [0.2, 0.25) is 0 Å². The molecule has 34 heavy (non-hydrogen) atoms. The SMILES string of the molecule is COC1CCCN(C(c2ccc(OCCOc3c(Cl)cc(C)cc3Cl)cc2)C(C=O)CN)C1.Cl. The zero-order valence-electron chi connectivity index (χ0n) is 19.5. The molecular formula is C25H33Cl3N2O4. The Labute approximate surface area is 218 Å². The van der Waals surface area contributed by atoms with E-state index in [0.29, 0.717) is 41.3 Å². The lowest BCUT2D eigenvalue weighted by atomic mass is 9.90. The number of rotatable bonds is 11. The molecule has 0 spiro atoms. The summed E-state index contributed by atoms with van der Waals surface area (Å²) in [5.74, 6) is 0.888. The maximum atomic E-state index is 11.8. The molecule has 6 nitrogen and oxygen atoms in total. The fraction of sp³-hybridized carbons (Fsp3) is 0.480. The number of nitrogens with two attached hydrogens (primary N) is 1. The molecule has 0 saturated carbocycles. The van der Waals surface area contributed by atoms with E-state index >= 15 is 0 Å². The van der Waals surface area contributed by atoms with Gasteiger partial charge in [-0.05, 0) is 61.7 Å². The predicted molar refractivity (Wildman–Crippen MR) is 139 cm³/mol. The Morgan fingerprint density at radius 3 is 2.38 bits per heavy atom. The molecule has 2 aromatic rings. The molecule has 0 bridgehead atoms. The van der Waals surface area contributed by atoms with Gasteiger partial charge in [-0.2, -0.15) is 0 Å². The molecule has 0 aliphatic carbocycles. The van der Waals surface area contributed by atoms with Crippen molar-refractivity contribution in [1.82, 2.24) is 4.90 Å². The number of nitrogens with zero attached hydrogens (tertiary/aromatic N) is 1. The molecule has 3 atom stereocenters. The minimum absolute atomic E-state index is 0. The summed E-state index contributed by atoms with van der Waals surface area (Å²) >= 11 is 12.4. The third kappa shape index (κ3) is 7.48. The van der Waals surface area contributed by atoms with Crippen molar-refractivity contribution in [2.24, 2.45) is 11.7 Å². The van der Waals surface area contributed by atoms with Crippen LogP contribution in [0.3, 0.4) is 0 Å². The average Bonchev–Trinajstić information content (AvgIpc) is 2.82. The highest BCUT2D eigenvalue weighted by atomic mass is 35.5. The molecule has 2 aromatic carbocycles. The third-order valence-electron chi connectivity index (χ3n) is 5.95. The molecule has 0 aromatic heterocycles. The van der Waals surface area contributed by atoms with Crippen LogP contribution in [0.1, 0.15) is 30.0 Å². The van der Waals surface area contributed by atoms with E-state index in [1.54, 1.807) is 7.11 Å². The van der Waals surface area contributed by atoms with Crippen LogP contribution in [-0.2, 0) is 9.53 Å². The van der Waals surface area contributed by atoms with E-state index in [-0.39, 0.29) is 30.5 Å². The summed E-state index contributed by atoms with van der Waals surface area (Å²) in [5.41, 5.74) is 7.95. The summed E-state index contributed by atoms with van der Waals surface area (Å²) in [5, 5.41) is 0.960. The molecular weight excluding hydrogens is 499 g/mol. The van der Waals surface area contributed by atoms with E-state index < -0.39 is 0 Å². The average molecular weight is 532 g/mol. The van der Waals surface area contributed by atoms with Crippen LogP contribution in [-0.4, -0.2) is 57.2 Å². The predicted octanol–water partition coefficient (Wildman–Crippen LogP) is 5.11. The number of hydrogen-bond donors (Lipinski definition) is 1. The zero-order chi connectivity index (χ0) is 23.8. The minimum Gasteiger partial charge on any atom is -0.490 e. The Hall–Kier alpha value is -1.54. The topological polar surface area (TPSA) is 74.0 Å². The molecule has 188 valence electrons. The number of carbonyl (C=O) groups excluding carboxylic acids is 1. The van der Waals surface area contributed by atoms with Crippen LogP contribution in [0.2, 0.25) is 10.0 Å². The highest BCUT2D eigenvalue weighted by Crippen LogP contribution is 2.34. The number of carbonyl (C=O) groups is 1. The van der Waals surface area contributed by atoms with Crippen LogP contribution in [0, 0.1) is 12.8 Å². The van der Waals surface area contributed by atoms with Crippen LogP contribution in [0.25, 0.3) is 0 Å². The first-order valence-corrected chi connectivity index (χ1v) is 12.0. The van der Waals surface area contributed by atoms with E-state index in [2.05, 4.69) is 4.90 Å². The molecule has 3 unspecified atom stereocenters. The van der Waals surface area contributed by atoms with Crippen molar-refractivity contribution in [3.05, 3.63) is 57.6 Å². The van der Waals surface area contributed by atoms with Gasteiger partial charge in [-0.3, -0.25) is 4.90 Å². The lowest BCUT2D eigenvalue weighted by Crippen LogP contribution is -2.45. The lowest BCUT2D eigenvalue weighted by molar-refractivity contribution is -0.113. The number of benzene rings is 2. The Balaban J connectivity index is 0.00000408. The quantitative estimate of drug-likeness (QED) is 0.321. The van der Waals surface area contributed by atoms with Crippen LogP contribution < -0.4 is 15.2 Å². The second kappa shape index (κ2) is 14.1. The van der Waals surface area contributed by atoms with Crippen molar-refractivity contribution < 1.29 is 19.0 Å². The first-order valence-electron chi connectivity index (χ1n) is 11.2. The Morgan fingerprint density at radius 2 is 1.79 bits per heavy atom. The van der Waals surface area contributed by atoms with Crippen LogP contribution >= 0.6 is 35.6 Å². The molecule has 0 radical (unpaired) electrons. The van der Waals surface area contributed by atoms with Gasteiger partial charge in [0.15, 0.2) is 5.75 Å². The smallest absolute Gasteiger partial charge is 0.156 e. The first kappa shape index (κ1) is 28.7. The van der Waals surface area contributed by atoms with Gasteiger partial charge in [0, 0.05) is 32.2 Å². The fourth-order valence-corrected chi connectivity index (χ4v) is 4.99. The van der Waals surface area contributed by atoms with Gasteiger partial charge in [-0.15, -0.1) is 12.4 Å². The number of aldehydes is 1. The van der Waals surface area contributed by atoms with Crippen molar-refractivity contribution in [3.8, 4) is 11.5 Å². The molecule has 0 amide bonds. The molecule has 9 heteroatoms. The molecule has 3 rings (SSSR count). The maximum absolute atomic E-state index is 11.8. The van der Waals surface area contributed by atoms with Crippen LogP contribution in [0.5, 0.6) is 11.5 Å². The van der Waals surface area contributed by atoms with Crippen molar-refractivity contribution in [2.45, 2.75) is 31.9 Å². The van der Waals surface area contributed by atoms with Gasteiger partial charge in [-0.25, -0.2) is 0 Å². The van der Waals surface area contributed by atoms with E-state index in [4.69, 9.17) is 43.1 Å². The molecule has 1 aliphatic heterocycles. The van der Waals surface area contributed by atoms with Gasteiger partial charge in [-0.1, -0.05) is 35.3 Å². The fourth-order valence-electron chi connectivity index (χ4n) is 4.29. The Morgan fingerprint density at radius 1 is 1.15 bits per heavy atom. The highest BCUT2D eigenvalue weighted by molar-refractivity contribution is 6.37. The summed E-state index contributed by atoms with van der Waals surface area (Å²) in [7, 11) is 1.74. The van der Waals surface area contributed by atoms with E-state index in [1.807, 2.05) is 43.3 Å². The Kier molecular flexibility index (Phi) is 11.9. The van der Waals surface area contributed by atoms with Gasteiger partial charge in [0.05, 0.1) is 16.1 Å². The zero-order valence-corrected chi connectivity index (χ0v) is 21.9. The molecule has 1 heterocycles. The highest BCUT2D eigenvalue weighted by Gasteiger charge is 2.32. The summed E-state index contributed by atoms with van der Waals surface area (Å²) in [6.45, 7) is 4.55. The molecule has 1 saturated heterocycles. The summed E-state index contributed by atoms with van der Waals surface area (Å²) < 4.78 is 17.1. The largest absolute Gasteiger partial charge is 0.490 e. The van der Waals surface area contributed by atoms with Gasteiger partial charge < -0.3 is 24.7 Å². The number of hydrogen-bond acceptors (Lipinski definition) is 6. The summed E-state index contributed by atoms with van der Waals surface area (Å²) in [6, 6.07) is 11.3. The molecule has 2 N–H and O–H groups in total. The lowest BCUT2D eigenvalue weighted by Gasteiger charge is -2.40. The van der Waals surface area contributed by atoms with E-state index in [9.17, 15) is 4.79 Å². The van der Waals surface area contributed by atoms with E-state index in [1.165, 1.54) is 0 Å². The number of likely N-dealkylation sites (tertiary alicyclic amines) is 1. The molecule has 1 aliphatic rings. The van der Waals surface area contributed by atoms with Crippen molar-refractivity contribution in [3.63, 3.8) is 0 Å². The summed E-state index contributed by atoms with van der Waals surface area (Å²) in [4.78, 5) is 14.1. The number of ether oxygens (including phenoxy) is 3. The number of aryl methyl sites for hydroxylation is 1. The second-order valence-electron chi connectivity index (χ2n) is 8.30. The maximum Gasteiger partial charge on any atom is 0.156 e. The van der Waals surface area contributed by atoms with Crippen molar-refractivity contribution in [1.29, 1.82) is 0 Å². The second-order valence-corrected chi connectivity index (χ2v) is 9.11. The van der Waals surface area contributed by atoms with Crippen LogP contribution in [0.15, 0.2) is 36.4 Å². The molecule has 1 fully saturated rings. The van der Waals surface area contributed by atoms with Crippen LogP contribution in [0.4, 0.5) is 0 Å². The van der Waals surface area contributed by atoms with Crippen molar-refractivity contribution in [2.75, 3.05) is 40.0 Å². The Bertz CT molecular complexity index is 891. The van der Waals surface area contributed by atoms with Gasteiger partial charge in [0.1, 0.15) is 25.2 Å². The number of methoxy groups -OCH3 is 1. The number of piperidine rings is 1. The number of halogens is 3. The van der Waals surface area contributed by atoms with E-state index in [0.717, 1.165) is 43.3 Å². The van der Waals surface area contributed by atoms with Gasteiger partial charge in [0.25, 0.3) is 0 Å². The van der Waals surface area contributed by atoms with Gasteiger partial charge >= 0.3 is 0 Å². The third-order valence-corrected chi connectivity index (χ3v) is 6.51. The minimum atomic E-state index is -0.287. The standard InChI is InChI=1S/C25H32Cl2N2O4.ClH/c1-17-12-22(26)25(23(27)13-17)33-11-10-32-20-7-5-18(6-8-20)24(19(14-28)16-30)29-9-3-4-21(15-29)31-2;/h5-8,12-13,16,19,21,24H,3-4,9-11,14-15,28H2,1-2H3;1H. The monoisotopic (exact) mass is 530 g/mol. The van der Waals surface area contributed by atoms with Crippen molar-refractivity contribution >= 4 is 41.9 Å². The first-order chi connectivity index (χ1) is 16.0. The normalized spacial score (nSPS) is 18.0.